The average Bonchev–Trinajstić information content (AvgIpc) is 2.96. The van der Waals surface area contributed by atoms with E-state index in [1.165, 1.54) is 17.5 Å². The summed E-state index contributed by atoms with van der Waals surface area (Å²) in [6.45, 7) is 1.98. The van der Waals surface area contributed by atoms with Crippen molar-refractivity contribution in [3.8, 4) is 6.07 Å². The molecule has 1 N–H and O–H groups in total. The standard InChI is InChI=1S/C15H14N4O2S/c1-2-14-18-10(9-22-14)7-12(20)11(8-16)15(21)19-13-5-3-4-6-17-13/h3-6,9,11H,2,7H2,1H3,(H,17,19,21)/t11-/m1/s1. The normalized spacial score (nSPS) is 11.5. The molecule has 0 aliphatic heterocycles. The van der Waals surface area contributed by atoms with Gasteiger partial charge in [-0.05, 0) is 18.6 Å². The molecule has 7 heteroatoms. The molecule has 0 aromatic carbocycles. The Morgan fingerprint density at radius 1 is 1.45 bits per heavy atom. The van der Waals surface area contributed by atoms with Crippen molar-refractivity contribution in [1.29, 1.82) is 5.26 Å². The van der Waals surface area contributed by atoms with E-state index in [9.17, 15) is 9.59 Å². The lowest BCUT2D eigenvalue weighted by atomic mass is 10.0. The molecule has 2 rings (SSSR count). The number of hydrogen-bond acceptors (Lipinski definition) is 6. The molecule has 2 aromatic rings. The number of nitriles is 1. The summed E-state index contributed by atoms with van der Waals surface area (Å²) >= 11 is 1.47. The van der Waals surface area contributed by atoms with Crippen LogP contribution in [0.4, 0.5) is 5.82 Å². The second-order valence-corrected chi connectivity index (χ2v) is 5.44. The number of nitrogens with one attached hydrogen (secondary N) is 1. The maximum Gasteiger partial charge on any atom is 0.250 e. The van der Waals surface area contributed by atoms with Gasteiger partial charge in [-0.3, -0.25) is 9.59 Å². The first-order chi connectivity index (χ1) is 10.6. The predicted molar refractivity (Wildman–Crippen MR) is 82.2 cm³/mol. The third kappa shape index (κ3) is 3.96. The number of rotatable bonds is 6. The van der Waals surface area contributed by atoms with Crippen molar-refractivity contribution in [3.63, 3.8) is 0 Å². The van der Waals surface area contributed by atoms with Crippen molar-refractivity contribution in [3.05, 3.63) is 40.5 Å². The Bertz CT molecular complexity index is 706. The molecule has 22 heavy (non-hydrogen) atoms. The van der Waals surface area contributed by atoms with Gasteiger partial charge in [0.15, 0.2) is 11.7 Å². The monoisotopic (exact) mass is 314 g/mol. The van der Waals surface area contributed by atoms with E-state index < -0.39 is 17.6 Å². The quantitative estimate of drug-likeness (QED) is 0.823. The van der Waals surface area contributed by atoms with E-state index in [1.54, 1.807) is 29.6 Å². The summed E-state index contributed by atoms with van der Waals surface area (Å²) in [6, 6.07) is 6.74. The van der Waals surface area contributed by atoms with Crippen LogP contribution < -0.4 is 5.32 Å². The van der Waals surface area contributed by atoms with Crippen LogP contribution in [0.3, 0.4) is 0 Å². The second-order valence-electron chi connectivity index (χ2n) is 4.50. The highest BCUT2D eigenvalue weighted by atomic mass is 32.1. The molecular weight excluding hydrogens is 300 g/mol. The number of thiazole rings is 1. The number of aryl methyl sites for hydroxylation is 1. The minimum atomic E-state index is -1.37. The van der Waals surface area contributed by atoms with E-state index in [4.69, 9.17) is 5.26 Å². The average molecular weight is 314 g/mol. The number of carbonyl (C=O) groups is 2. The fraction of sp³-hybridized carbons (Fsp3) is 0.267. The third-order valence-corrected chi connectivity index (χ3v) is 3.93. The Balaban J connectivity index is 2.02. The zero-order valence-electron chi connectivity index (χ0n) is 11.9. The molecule has 2 heterocycles. The molecule has 0 fully saturated rings. The Kier molecular flexibility index (Phi) is 5.33. The molecule has 2 aromatic heterocycles. The van der Waals surface area contributed by atoms with Crippen molar-refractivity contribution < 1.29 is 9.59 Å². The van der Waals surface area contributed by atoms with Crippen molar-refractivity contribution >= 4 is 28.8 Å². The Morgan fingerprint density at radius 2 is 2.27 bits per heavy atom. The van der Waals surface area contributed by atoms with Gasteiger partial charge in [-0.1, -0.05) is 13.0 Å². The smallest absolute Gasteiger partial charge is 0.250 e. The number of aromatic nitrogens is 2. The van der Waals surface area contributed by atoms with Crippen molar-refractivity contribution in [1.82, 2.24) is 9.97 Å². The first kappa shape index (κ1) is 15.8. The number of carbonyl (C=O) groups excluding carboxylic acids is 2. The summed E-state index contributed by atoms with van der Waals surface area (Å²) < 4.78 is 0. The van der Waals surface area contributed by atoms with Gasteiger partial charge in [0, 0.05) is 11.6 Å². The van der Waals surface area contributed by atoms with Crippen molar-refractivity contribution in [2.45, 2.75) is 19.8 Å². The summed E-state index contributed by atoms with van der Waals surface area (Å²) in [5.74, 6) is -2.20. The van der Waals surface area contributed by atoms with Gasteiger partial charge in [-0.15, -0.1) is 11.3 Å². The molecule has 112 valence electrons. The molecule has 1 atom stereocenters. The lowest BCUT2D eigenvalue weighted by Crippen LogP contribution is -2.30. The fourth-order valence-corrected chi connectivity index (χ4v) is 2.53. The maximum atomic E-state index is 12.1. The van der Waals surface area contributed by atoms with Crippen LogP contribution in [0.2, 0.25) is 0 Å². The first-order valence-electron chi connectivity index (χ1n) is 6.71. The van der Waals surface area contributed by atoms with Crippen LogP contribution in [0.1, 0.15) is 17.6 Å². The fourth-order valence-electron chi connectivity index (χ4n) is 1.79. The van der Waals surface area contributed by atoms with Gasteiger partial charge in [0.25, 0.3) is 5.91 Å². The lowest BCUT2D eigenvalue weighted by molar-refractivity contribution is -0.128. The molecule has 0 radical (unpaired) electrons. The summed E-state index contributed by atoms with van der Waals surface area (Å²) in [5, 5.41) is 14.3. The highest BCUT2D eigenvalue weighted by molar-refractivity contribution is 7.09. The molecule has 0 spiro atoms. The molecule has 0 saturated carbocycles. The number of anilines is 1. The molecule has 0 bridgehead atoms. The summed E-state index contributed by atoms with van der Waals surface area (Å²) in [5.41, 5.74) is 0.595. The number of ketones is 1. The first-order valence-corrected chi connectivity index (χ1v) is 7.59. The Hall–Kier alpha value is -2.59. The molecule has 0 aliphatic rings. The lowest BCUT2D eigenvalue weighted by Gasteiger charge is -2.08. The minimum absolute atomic E-state index is 0.0234. The molecule has 6 nitrogen and oxygen atoms in total. The zero-order valence-corrected chi connectivity index (χ0v) is 12.8. The van der Waals surface area contributed by atoms with E-state index in [-0.39, 0.29) is 6.42 Å². The maximum absolute atomic E-state index is 12.1. The van der Waals surface area contributed by atoms with Crippen LogP contribution in [0, 0.1) is 17.2 Å². The van der Waals surface area contributed by atoms with Crippen LogP contribution >= 0.6 is 11.3 Å². The van der Waals surface area contributed by atoms with Gasteiger partial charge in [0.2, 0.25) is 0 Å². The van der Waals surface area contributed by atoms with E-state index >= 15 is 0 Å². The van der Waals surface area contributed by atoms with Gasteiger partial charge in [-0.25, -0.2) is 9.97 Å². The highest BCUT2D eigenvalue weighted by Gasteiger charge is 2.27. The van der Waals surface area contributed by atoms with Crippen molar-refractivity contribution in [2.75, 3.05) is 5.32 Å². The number of amides is 1. The molecule has 0 aliphatic carbocycles. The molecule has 1 amide bonds. The number of pyridine rings is 1. The van der Waals surface area contributed by atoms with Gasteiger partial charge in [0.1, 0.15) is 5.82 Å². The summed E-state index contributed by atoms with van der Waals surface area (Å²) in [4.78, 5) is 32.4. The molecule has 0 saturated heterocycles. The van der Waals surface area contributed by atoms with Gasteiger partial charge < -0.3 is 5.32 Å². The van der Waals surface area contributed by atoms with Crippen molar-refractivity contribution in [2.24, 2.45) is 5.92 Å². The van der Waals surface area contributed by atoms with Crippen LogP contribution in [-0.4, -0.2) is 21.7 Å². The number of Topliss-reactive ketones (excluding diaryl/α,β-unsaturated/α-hetero) is 1. The topological polar surface area (TPSA) is 95.7 Å². The number of hydrogen-bond donors (Lipinski definition) is 1. The minimum Gasteiger partial charge on any atom is -0.309 e. The highest BCUT2D eigenvalue weighted by Crippen LogP contribution is 2.13. The van der Waals surface area contributed by atoms with E-state index in [1.807, 2.05) is 6.92 Å². The largest absolute Gasteiger partial charge is 0.309 e. The second kappa shape index (κ2) is 7.43. The van der Waals surface area contributed by atoms with Crippen LogP contribution in [0.5, 0.6) is 0 Å². The predicted octanol–water partition coefficient (Wildman–Crippen LogP) is 1.99. The van der Waals surface area contributed by atoms with E-state index in [0.717, 1.165) is 11.4 Å². The van der Waals surface area contributed by atoms with Gasteiger partial charge in [0.05, 0.1) is 23.2 Å². The summed E-state index contributed by atoms with van der Waals surface area (Å²) in [6.07, 6.45) is 2.28. The van der Waals surface area contributed by atoms with Gasteiger partial charge >= 0.3 is 0 Å². The molecular formula is C15H14N4O2S. The van der Waals surface area contributed by atoms with E-state index in [2.05, 4.69) is 15.3 Å². The SMILES string of the molecule is CCc1nc(CC(=O)[C@@H](C#N)C(=O)Nc2ccccn2)cs1. The third-order valence-electron chi connectivity index (χ3n) is 2.89. The zero-order chi connectivity index (χ0) is 15.9. The number of nitrogens with zero attached hydrogens (tertiary/aromatic N) is 3. The Labute approximate surface area is 131 Å². The van der Waals surface area contributed by atoms with Crippen LogP contribution in [0.25, 0.3) is 0 Å². The van der Waals surface area contributed by atoms with Crippen LogP contribution in [-0.2, 0) is 22.4 Å². The van der Waals surface area contributed by atoms with Crippen LogP contribution in [0.15, 0.2) is 29.8 Å². The van der Waals surface area contributed by atoms with Gasteiger partial charge in [-0.2, -0.15) is 5.26 Å². The molecule has 0 unspecified atom stereocenters. The Morgan fingerprint density at radius 3 is 2.86 bits per heavy atom. The van der Waals surface area contributed by atoms with E-state index in [0.29, 0.717) is 11.5 Å². The summed E-state index contributed by atoms with van der Waals surface area (Å²) in [7, 11) is 0.